The Morgan fingerprint density at radius 3 is 2.55 bits per heavy atom. The van der Waals surface area contributed by atoms with E-state index in [0.717, 1.165) is 24.9 Å². The summed E-state index contributed by atoms with van der Waals surface area (Å²) in [5.41, 5.74) is 1.91. The molecule has 0 aliphatic rings. The molecule has 110 valence electrons. The van der Waals surface area contributed by atoms with Gasteiger partial charge < -0.3 is 10.4 Å². The van der Waals surface area contributed by atoms with Crippen molar-refractivity contribution in [2.75, 3.05) is 19.7 Å². The lowest BCUT2D eigenvalue weighted by atomic mass is 9.68. The summed E-state index contributed by atoms with van der Waals surface area (Å²) in [6.45, 7) is 7.93. The summed E-state index contributed by atoms with van der Waals surface area (Å²) in [7, 11) is 0. The lowest BCUT2D eigenvalue weighted by molar-refractivity contribution is 0.289. The number of nitrogens with zero attached hydrogens (tertiary/aromatic N) is 1. The van der Waals surface area contributed by atoms with Crippen molar-refractivity contribution in [1.82, 2.24) is 5.32 Å². The molecule has 0 aliphatic carbocycles. The highest BCUT2D eigenvalue weighted by Crippen LogP contribution is 2.37. The topological polar surface area (TPSA) is 56.0 Å². The van der Waals surface area contributed by atoms with Crippen molar-refractivity contribution in [3.05, 3.63) is 35.4 Å². The third-order valence-corrected chi connectivity index (χ3v) is 4.02. The highest BCUT2D eigenvalue weighted by atomic mass is 16.3. The SMILES string of the molecule is Cc1ccccc1[C@@](C#N)(CCCNCCO)C(C)C. The van der Waals surface area contributed by atoms with E-state index in [0.29, 0.717) is 6.54 Å². The van der Waals surface area contributed by atoms with Gasteiger partial charge in [0.05, 0.1) is 18.1 Å². The summed E-state index contributed by atoms with van der Waals surface area (Å²) in [4.78, 5) is 0. The van der Waals surface area contributed by atoms with Crippen molar-refractivity contribution in [1.29, 1.82) is 5.26 Å². The Labute approximate surface area is 122 Å². The van der Waals surface area contributed by atoms with Crippen LogP contribution in [0.2, 0.25) is 0 Å². The largest absolute Gasteiger partial charge is 0.395 e. The van der Waals surface area contributed by atoms with Crippen molar-refractivity contribution in [3.8, 4) is 6.07 Å². The summed E-state index contributed by atoms with van der Waals surface area (Å²) in [6, 6.07) is 10.8. The van der Waals surface area contributed by atoms with E-state index in [-0.39, 0.29) is 12.5 Å². The first kappa shape index (κ1) is 16.7. The molecule has 1 atom stereocenters. The Morgan fingerprint density at radius 2 is 2.00 bits per heavy atom. The lowest BCUT2D eigenvalue weighted by Crippen LogP contribution is -2.33. The second kappa shape index (κ2) is 8.04. The van der Waals surface area contributed by atoms with Crippen molar-refractivity contribution in [3.63, 3.8) is 0 Å². The highest BCUT2D eigenvalue weighted by molar-refractivity contribution is 5.39. The third-order valence-electron chi connectivity index (χ3n) is 4.02. The molecule has 0 radical (unpaired) electrons. The smallest absolute Gasteiger partial charge is 0.0848 e. The lowest BCUT2D eigenvalue weighted by Gasteiger charge is -2.33. The van der Waals surface area contributed by atoms with E-state index < -0.39 is 5.41 Å². The van der Waals surface area contributed by atoms with Gasteiger partial charge in [-0.05, 0) is 43.4 Å². The first-order chi connectivity index (χ1) is 9.58. The summed E-state index contributed by atoms with van der Waals surface area (Å²) in [5, 5.41) is 21.8. The van der Waals surface area contributed by atoms with Crippen LogP contribution < -0.4 is 5.32 Å². The molecule has 0 fully saturated rings. The Kier molecular flexibility index (Phi) is 6.70. The van der Waals surface area contributed by atoms with Crippen LogP contribution >= 0.6 is 0 Å². The summed E-state index contributed by atoms with van der Waals surface area (Å²) < 4.78 is 0. The number of rotatable bonds is 8. The molecule has 1 aromatic carbocycles. The zero-order chi connectivity index (χ0) is 15.0. The number of nitriles is 1. The number of hydrogen-bond donors (Lipinski definition) is 2. The van der Waals surface area contributed by atoms with Gasteiger partial charge in [0.1, 0.15) is 0 Å². The standard InChI is InChI=1S/C17H26N2O/c1-14(2)17(13-18,9-6-10-19-11-12-20)16-8-5-4-7-15(16)3/h4-5,7-8,14,19-20H,6,9-12H2,1-3H3/t17-/m1/s1. The summed E-state index contributed by atoms with van der Waals surface area (Å²) in [6.07, 6.45) is 1.77. The molecule has 0 spiro atoms. The van der Waals surface area contributed by atoms with Gasteiger partial charge in [-0.3, -0.25) is 0 Å². The third kappa shape index (κ3) is 3.82. The van der Waals surface area contributed by atoms with Crippen LogP contribution in [-0.2, 0) is 5.41 Å². The number of hydrogen-bond acceptors (Lipinski definition) is 3. The number of aliphatic hydroxyl groups excluding tert-OH is 1. The molecule has 20 heavy (non-hydrogen) atoms. The molecular formula is C17H26N2O. The maximum Gasteiger partial charge on any atom is 0.0848 e. The van der Waals surface area contributed by atoms with E-state index in [4.69, 9.17) is 5.11 Å². The molecule has 0 saturated carbocycles. The first-order valence-electron chi connectivity index (χ1n) is 7.37. The highest BCUT2D eigenvalue weighted by Gasteiger charge is 2.36. The van der Waals surface area contributed by atoms with E-state index in [1.165, 1.54) is 5.56 Å². The minimum atomic E-state index is -0.424. The fraction of sp³-hybridized carbons (Fsp3) is 0.588. The maximum absolute atomic E-state index is 9.82. The van der Waals surface area contributed by atoms with E-state index in [9.17, 15) is 5.26 Å². The van der Waals surface area contributed by atoms with Gasteiger partial charge in [0, 0.05) is 6.54 Å². The minimum Gasteiger partial charge on any atom is -0.395 e. The Bertz CT molecular complexity index is 451. The molecule has 0 aliphatic heterocycles. The molecule has 0 bridgehead atoms. The van der Waals surface area contributed by atoms with Crippen LogP contribution in [0.4, 0.5) is 0 Å². The molecular weight excluding hydrogens is 248 g/mol. The average molecular weight is 274 g/mol. The number of nitrogens with one attached hydrogen (secondary N) is 1. The Hall–Kier alpha value is -1.37. The normalized spacial score (nSPS) is 14.0. The van der Waals surface area contributed by atoms with E-state index in [2.05, 4.69) is 44.3 Å². The van der Waals surface area contributed by atoms with Gasteiger partial charge in [-0.25, -0.2) is 0 Å². The molecule has 3 heteroatoms. The Morgan fingerprint density at radius 1 is 1.30 bits per heavy atom. The first-order valence-corrected chi connectivity index (χ1v) is 7.37. The van der Waals surface area contributed by atoms with Gasteiger partial charge in [0.25, 0.3) is 0 Å². The molecule has 0 heterocycles. The Balaban J connectivity index is 2.88. The van der Waals surface area contributed by atoms with Crippen molar-refractivity contribution in [2.45, 2.75) is 39.0 Å². The number of aliphatic hydroxyl groups is 1. The zero-order valence-electron chi connectivity index (χ0n) is 12.8. The molecule has 1 aromatic rings. The molecule has 0 amide bonds. The van der Waals surface area contributed by atoms with Crippen molar-refractivity contribution < 1.29 is 5.11 Å². The van der Waals surface area contributed by atoms with Gasteiger partial charge >= 0.3 is 0 Å². The minimum absolute atomic E-state index is 0.158. The van der Waals surface area contributed by atoms with Gasteiger partial charge in [0.15, 0.2) is 0 Å². The van der Waals surface area contributed by atoms with E-state index in [1.807, 2.05) is 12.1 Å². The van der Waals surface area contributed by atoms with Gasteiger partial charge in [-0.15, -0.1) is 0 Å². The van der Waals surface area contributed by atoms with Crippen LogP contribution in [0.1, 0.15) is 37.8 Å². The fourth-order valence-corrected chi connectivity index (χ4v) is 2.75. The summed E-state index contributed by atoms with van der Waals surface area (Å²) >= 11 is 0. The van der Waals surface area contributed by atoms with Crippen LogP contribution in [0.25, 0.3) is 0 Å². The fourth-order valence-electron chi connectivity index (χ4n) is 2.75. The molecule has 0 saturated heterocycles. The quantitative estimate of drug-likeness (QED) is 0.717. The van der Waals surface area contributed by atoms with Gasteiger partial charge in [-0.1, -0.05) is 38.1 Å². The zero-order valence-corrected chi connectivity index (χ0v) is 12.8. The average Bonchev–Trinajstić information content (AvgIpc) is 2.44. The van der Waals surface area contributed by atoms with E-state index in [1.54, 1.807) is 0 Å². The molecule has 0 unspecified atom stereocenters. The van der Waals surface area contributed by atoms with Crippen molar-refractivity contribution >= 4 is 0 Å². The molecule has 0 aromatic heterocycles. The molecule has 2 N–H and O–H groups in total. The molecule has 1 rings (SSSR count). The van der Waals surface area contributed by atoms with Crippen molar-refractivity contribution in [2.24, 2.45) is 5.92 Å². The second-order valence-electron chi connectivity index (χ2n) is 5.63. The summed E-state index contributed by atoms with van der Waals surface area (Å²) in [5.74, 6) is 0.270. The van der Waals surface area contributed by atoms with E-state index >= 15 is 0 Å². The second-order valence-corrected chi connectivity index (χ2v) is 5.63. The van der Waals surface area contributed by atoms with Gasteiger partial charge in [-0.2, -0.15) is 5.26 Å². The van der Waals surface area contributed by atoms with Crippen LogP contribution in [0.5, 0.6) is 0 Å². The maximum atomic E-state index is 9.82. The van der Waals surface area contributed by atoms with Crippen LogP contribution in [0, 0.1) is 24.2 Å². The van der Waals surface area contributed by atoms with Gasteiger partial charge in [0.2, 0.25) is 0 Å². The predicted molar refractivity (Wildman–Crippen MR) is 82.5 cm³/mol. The van der Waals surface area contributed by atoms with Crippen LogP contribution in [-0.4, -0.2) is 24.8 Å². The van der Waals surface area contributed by atoms with Crippen LogP contribution in [0.15, 0.2) is 24.3 Å². The monoisotopic (exact) mass is 274 g/mol. The number of benzene rings is 1. The molecule has 3 nitrogen and oxygen atoms in total. The van der Waals surface area contributed by atoms with Crippen LogP contribution in [0.3, 0.4) is 0 Å². The predicted octanol–water partition coefficient (Wildman–Crippen LogP) is 2.77. The number of aryl methyl sites for hydroxylation is 1.